The van der Waals surface area contributed by atoms with Crippen molar-refractivity contribution in [3.8, 4) is 0 Å². The number of nitrogens with zero attached hydrogens (tertiary/aromatic N) is 1. The molecule has 0 N–H and O–H groups in total. The first-order chi connectivity index (χ1) is 15.7. The number of piperidine rings is 1. The van der Waals surface area contributed by atoms with Crippen LogP contribution in [-0.2, 0) is 14.0 Å². The molecular weight excluding hydrogens is 426 g/mol. The number of rotatable bonds is 8. The predicted octanol–water partition coefficient (Wildman–Crippen LogP) is 7.00. The fraction of sp³-hybridized carbons (Fsp3) is 0.679. The molecule has 1 spiro atoms. The third-order valence-electron chi connectivity index (χ3n) is 8.59. The summed E-state index contributed by atoms with van der Waals surface area (Å²) in [4.78, 5) is 15.3. The molecule has 4 nitrogen and oxygen atoms in total. The van der Waals surface area contributed by atoms with E-state index in [1.165, 1.54) is 24.0 Å². The molecule has 5 heteroatoms. The van der Waals surface area contributed by atoms with Gasteiger partial charge in [-0.05, 0) is 62.2 Å². The van der Waals surface area contributed by atoms with Crippen molar-refractivity contribution in [1.82, 2.24) is 4.90 Å². The molecule has 1 aliphatic carbocycles. The van der Waals surface area contributed by atoms with Gasteiger partial charge < -0.3 is 14.1 Å². The normalized spacial score (nSPS) is 27.8. The van der Waals surface area contributed by atoms with Crippen LogP contribution in [0.3, 0.4) is 0 Å². The molecule has 2 saturated heterocycles. The summed E-state index contributed by atoms with van der Waals surface area (Å²) in [5, 5.41) is 0.275. The number of carbonyl (C=O) groups excluding carboxylic acids is 1. The Labute approximate surface area is 201 Å². The highest BCUT2D eigenvalue weighted by atomic mass is 28.4. The van der Waals surface area contributed by atoms with Crippen molar-refractivity contribution in [1.29, 1.82) is 0 Å². The molecule has 182 valence electrons. The Bertz CT molecular complexity index is 860. The number of ether oxygens (including phenoxy) is 1. The van der Waals surface area contributed by atoms with Crippen molar-refractivity contribution < 1.29 is 14.0 Å². The van der Waals surface area contributed by atoms with Crippen LogP contribution in [0.4, 0.5) is 0 Å². The van der Waals surface area contributed by atoms with Crippen molar-refractivity contribution in [2.45, 2.75) is 102 Å². The number of amides is 1. The fourth-order valence-corrected chi connectivity index (χ4v) is 6.78. The van der Waals surface area contributed by atoms with Crippen molar-refractivity contribution in [2.24, 2.45) is 5.92 Å². The smallest absolute Gasteiger partial charge is 0.225 e. The van der Waals surface area contributed by atoms with Gasteiger partial charge >= 0.3 is 0 Å². The number of hydrogen-bond donors (Lipinski definition) is 0. The van der Waals surface area contributed by atoms with Gasteiger partial charge in [0, 0.05) is 18.9 Å². The lowest BCUT2D eigenvalue weighted by Crippen LogP contribution is -2.58. The topological polar surface area (TPSA) is 38.8 Å². The van der Waals surface area contributed by atoms with Crippen LogP contribution in [0.25, 0.3) is 0 Å². The molecule has 0 radical (unpaired) electrons. The zero-order valence-corrected chi connectivity index (χ0v) is 22.4. The van der Waals surface area contributed by atoms with E-state index < -0.39 is 14.0 Å². The number of benzene rings is 1. The summed E-state index contributed by atoms with van der Waals surface area (Å²) < 4.78 is 12.9. The molecule has 4 rings (SSSR count). The molecule has 1 aromatic carbocycles. The molecule has 1 aromatic rings. The molecule has 33 heavy (non-hydrogen) atoms. The molecule has 3 atom stereocenters. The summed E-state index contributed by atoms with van der Waals surface area (Å²) in [5.74, 6) is 0.614. The van der Waals surface area contributed by atoms with Crippen molar-refractivity contribution >= 4 is 14.2 Å². The first-order valence-electron chi connectivity index (χ1n) is 13.0. The second-order valence-corrected chi connectivity index (χ2v) is 16.5. The van der Waals surface area contributed by atoms with Gasteiger partial charge in [0.2, 0.25) is 5.91 Å². The zero-order valence-electron chi connectivity index (χ0n) is 21.4. The van der Waals surface area contributed by atoms with Crippen molar-refractivity contribution in [2.75, 3.05) is 13.2 Å². The second kappa shape index (κ2) is 9.67. The van der Waals surface area contributed by atoms with E-state index in [0.717, 1.165) is 38.7 Å². The van der Waals surface area contributed by atoms with Gasteiger partial charge in [-0.1, -0.05) is 69.2 Å². The minimum atomic E-state index is -1.64. The third kappa shape index (κ3) is 4.87. The molecule has 0 bridgehead atoms. The first-order valence-corrected chi connectivity index (χ1v) is 15.9. The van der Waals surface area contributed by atoms with E-state index in [4.69, 9.17) is 9.16 Å². The first kappa shape index (κ1) is 24.7. The molecular formula is C28H43NO3Si. The monoisotopic (exact) mass is 469 g/mol. The van der Waals surface area contributed by atoms with Gasteiger partial charge in [0.05, 0.1) is 12.6 Å². The predicted molar refractivity (Wildman–Crippen MR) is 136 cm³/mol. The van der Waals surface area contributed by atoms with Crippen LogP contribution in [0.1, 0.15) is 83.7 Å². The van der Waals surface area contributed by atoms with E-state index in [2.05, 4.69) is 69.1 Å². The minimum absolute atomic E-state index is 0.0494. The van der Waals surface area contributed by atoms with Crippen LogP contribution >= 0.6 is 0 Å². The Kier molecular flexibility index (Phi) is 7.23. The van der Waals surface area contributed by atoms with E-state index in [9.17, 15) is 4.79 Å². The van der Waals surface area contributed by atoms with E-state index in [1.54, 1.807) is 0 Å². The lowest BCUT2D eigenvalue weighted by Gasteiger charge is -2.50. The Morgan fingerprint density at radius 3 is 2.64 bits per heavy atom. The molecule has 2 fully saturated rings. The standard InChI is InChI=1S/C28H43NO3Si/c1-27(2,3)33(4,5)32-20-11-7-10-13-22-16-12-19-28-24(22)17-18-26(30)29(28)25(21-31-28)23-14-8-6-9-15-23/h6,8-9,14-16,24-25H,7,10-13,17-21H2,1-5H3/t24-,25-,28-/m0/s1. The lowest BCUT2D eigenvalue weighted by atomic mass is 9.72. The highest BCUT2D eigenvalue weighted by Gasteiger charge is 2.58. The molecule has 2 aliphatic heterocycles. The highest BCUT2D eigenvalue weighted by molar-refractivity contribution is 6.74. The second-order valence-electron chi connectivity index (χ2n) is 11.7. The molecule has 1 amide bonds. The van der Waals surface area contributed by atoms with Gasteiger partial charge in [0.15, 0.2) is 14.0 Å². The lowest BCUT2D eigenvalue weighted by molar-refractivity contribution is -0.175. The fourth-order valence-electron chi connectivity index (χ4n) is 5.70. The van der Waals surface area contributed by atoms with Crippen molar-refractivity contribution in [3.63, 3.8) is 0 Å². The van der Waals surface area contributed by atoms with Crippen LogP contribution in [0.2, 0.25) is 18.1 Å². The highest BCUT2D eigenvalue weighted by Crippen LogP contribution is 2.53. The number of allylic oxidation sites excluding steroid dienone is 1. The van der Waals surface area contributed by atoms with Gasteiger partial charge in [0.1, 0.15) is 0 Å². The quantitative estimate of drug-likeness (QED) is 0.234. The van der Waals surface area contributed by atoms with Gasteiger partial charge in [-0.3, -0.25) is 4.79 Å². The Balaban J connectivity index is 1.35. The Hall–Kier alpha value is -1.43. The third-order valence-corrected chi connectivity index (χ3v) is 13.1. The van der Waals surface area contributed by atoms with Crippen LogP contribution in [0.5, 0.6) is 0 Å². The Morgan fingerprint density at radius 2 is 1.91 bits per heavy atom. The van der Waals surface area contributed by atoms with Gasteiger partial charge in [-0.15, -0.1) is 0 Å². The molecule has 2 heterocycles. The average molecular weight is 470 g/mol. The summed E-state index contributed by atoms with van der Waals surface area (Å²) in [7, 11) is -1.64. The molecule has 0 saturated carbocycles. The van der Waals surface area contributed by atoms with E-state index in [1.807, 2.05) is 6.07 Å². The summed E-state index contributed by atoms with van der Waals surface area (Å²) in [6.45, 7) is 13.1. The minimum Gasteiger partial charge on any atom is -0.417 e. The number of carbonyl (C=O) groups is 1. The SMILES string of the molecule is CC(C)(C)[Si](C)(C)OCCCCCC1=CCC[C@@]23OC[C@@H](c4ccccc4)N2C(=O)CC[C@@H]13. The van der Waals surface area contributed by atoms with Gasteiger partial charge in [0.25, 0.3) is 0 Å². The maximum atomic E-state index is 13.1. The number of unbranched alkanes of at least 4 members (excludes halogenated alkanes) is 2. The van der Waals surface area contributed by atoms with Crippen LogP contribution in [0.15, 0.2) is 42.0 Å². The summed E-state index contributed by atoms with van der Waals surface area (Å²) in [5.41, 5.74) is 2.30. The largest absolute Gasteiger partial charge is 0.417 e. The summed E-state index contributed by atoms with van der Waals surface area (Å²) in [6, 6.07) is 10.5. The molecule has 0 aromatic heterocycles. The van der Waals surface area contributed by atoms with E-state index in [0.29, 0.717) is 18.9 Å². The maximum absolute atomic E-state index is 13.1. The number of hydrogen-bond acceptors (Lipinski definition) is 3. The van der Waals surface area contributed by atoms with Crippen LogP contribution in [-0.4, -0.2) is 38.1 Å². The Morgan fingerprint density at radius 1 is 1.15 bits per heavy atom. The molecule has 3 aliphatic rings. The maximum Gasteiger partial charge on any atom is 0.225 e. The van der Waals surface area contributed by atoms with Gasteiger partial charge in [-0.2, -0.15) is 0 Å². The van der Waals surface area contributed by atoms with Gasteiger partial charge in [-0.25, -0.2) is 0 Å². The average Bonchev–Trinajstić information content (AvgIpc) is 3.16. The van der Waals surface area contributed by atoms with Crippen molar-refractivity contribution in [3.05, 3.63) is 47.5 Å². The van der Waals surface area contributed by atoms with E-state index in [-0.39, 0.29) is 17.0 Å². The van der Waals surface area contributed by atoms with Crippen LogP contribution in [0, 0.1) is 5.92 Å². The van der Waals surface area contributed by atoms with E-state index >= 15 is 0 Å². The summed E-state index contributed by atoms with van der Waals surface area (Å²) >= 11 is 0. The summed E-state index contributed by atoms with van der Waals surface area (Å²) in [6.07, 6.45) is 10.6. The van der Waals surface area contributed by atoms with Crippen LogP contribution < -0.4 is 0 Å². The zero-order chi connectivity index (χ0) is 23.7. The molecule has 0 unspecified atom stereocenters.